The molecule has 3 heterocycles. The van der Waals surface area contributed by atoms with Crippen molar-refractivity contribution in [3.05, 3.63) is 92.2 Å². The first-order chi connectivity index (χ1) is 15.0. The van der Waals surface area contributed by atoms with Crippen molar-refractivity contribution in [2.24, 2.45) is 0 Å². The SMILES string of the molecule is Cc1ccc(CNC(=O)c2ccc3nn(CC(=O)NCc4cccs4)c(=O)n3c2)cc1. The van der Waals surface area contributed by atoms with Crippen LogP contribution in [0.3, 0.4) is 0 Å². The fraction of sp³-hybridized carbons (Fsp3) is 0.182. The van der Waals surface area contributed by atoms with Crippen LogP contribution in [-0.4, -0.2) is 26.0 Å². The van der Waals surface area contributed by atoms with Crippen LogP contribution < -0.4 is 16.3 Å². The molecule has 4 aromatic rings. The van der Waals surface area contributed by atoms with E-state index in [1.165, 1.54) is 10.6 Å². The minimum Gasteiger partial charge on any atom is -0.350 e. The van der Waals surface area contributed by atoms with Crippen molar-refractivity contribution >= 4 is 28.8 Å². The largest absolute Gasteiger partial charge is 0.350 e. The first-order valence-corrected chi connectivity index (χ1v) is 10.6. The Hall–Kier alpha value is -3.72. The number of aryl methyl sites for hydroxylation is 1. The minimum atomic E-state index is -0.477. The van der Waals surface area contributed by atoms with Gasteiger partial charge in [-0.05, 0) is 36.1 Å². The summed E-state index contributed by atoms with van der Waals surface area (Å²) < 4.78 is 2.36. The van der Waals surface area contributed by atoms with Gasteiger partial charge in [-0.3, -0.25) is 9.59 Å². The number of pyridine rings is 1. The maximum absolute atomic E-state index is 12.6. The number of amides is 2. The Morgan fingerprint density at radius 1 is 1.03 bits per heavy atom. The van der Waals surface area contributed by atoms with Gasteiger partial charge >= 0.3 is 5.69 Å². The van der Waals surface area contributed by atoms with Gasteiger partial charge in [0.2, 0.25) is 5.91 Å². The number of nitrogens with zero attached hydrogens (tertiary/aromatic N) is 3. The van der Waals surface area contributed by atoms with Gasteiger partial charge in [-0.1, -0.05) is 35.9 Å². The quantitative estimate of drug-likeness (QED) is 0.465. The third-order valence-corrected chi connectivity index (χ3v) is 5.62. The molecule has 0 saturated carbocycles. The topological polar surface area (TPSA) is 97.5 Å². The molecule has 0 bridgehead atoms. The second-order valence-electron chi connectivity index (χ2n) is 7.11. The van der Waals surface area contributed by atoms with E-state index >= 15 is 0 Å². The Morgan fingerprint density at radius 3 is 2.58 bits per heavy atom. The molecule has 0 spiro atoms. The van der Waals surface area contributed by atoms with E-state index < -0.39 is 5.69 Å². The number of carbonyl (C=O) groups is 2. The summed E-state index contributed by atoms with van der Waals surface area (Å²) in [6, 6.07) is 14.9. The maximum atomic E-state index is 12.6. The molecule has 0 aliphatic rings. The van der Waals surface area contributed by atoms with Gasteiger partial charge in [0, 0.05) is 17.6 Å². The van der Waals surface area contributed by atoms with Crippen LogP contribution in [0.5, 0.6) is 0 Å². The number of thiophene rings is 1. The monoisotopic (exact) mass is 435 g/mol. The van der Waals surface area contributed by atoms with E-state index in [-0.39, 0.29) is 18.4 Å². The van der Waals surface area contributed by atoms with Crippen LogP contribution in [-0.2, 0) is 24.4 Å². The summed E-state index contributed by atoms with van der Waals surface area (Å²) in [6.45, 7) is 2.60. The lowest BCUT2D eigenvalue weighted by atomic mass is 10.1. The van der Waals surface area contributed by atoms with Gasteiger partial charge in [0.25, 0.3) is 5.91 Å². The molecule has 8 nitrogen and oxygen atoms in total. The van der Waals surface area contributed by atoms with E-state index in [0.29, 0.717) is 24.3 Å². The molecule has 0 atom stereocenters. The van der Waals surface area contributed by atoms with Gasteiger partial charge in [-0.2, -0.15) is 0 Å². The van der Waals surface area contributed by atoms with Gasteiger partial charge in [0.05, 0.1) is 12.1 Å². The molecule has 0 saturated heterocycles. The smallest absolute Gasteiger partial charge is 0.350 e. The van der Waals surface area contributed by atoms with Crippen LogP contribution in [0.1, 0.15) is 26.4 Å². The highest BCUT2D eigenvalue weighted by Crippen LogP contribution is 2.08. The number of carbonyl (C=O) groups excluding carboxylic acids is 2. The third kappa shape index (κ3) is 4.89. The average molecular weight is 436 g/mol. The molecule has 31 heavy (non-hydrogen) atoms. The summed E-state index contributed by atoms with van der Waals surface area (Å²) in [7, 11) is 0. The Labute approximate surface area is 182 Å². The number of benzene rings is 1. The summed E-state index contributed by atoms with van der Waals surface area (Å²) >= 11 is 1.54. The summed E-state index contributed by atoms with van der Waals surface area (Å²) in [5.74, 6) is -0.606. The second-order valence-corrected chi connectivity index (χ2v) is 8.14. The molecule has 1 aromatic carbocycles. The highest BCUT2D eigenvalue weighted by Gasteiger charge is 2.13. The van der Waals surface area contributed by atoms with Crippen molar-refractivity contribution in [1.82, 2.24) is 24.8 Å². The number of rotatable bonds is 7. The van der Waals surface area contributed by atoms with Gasteiger partial charge in [0.1, 0.15) is 6.54 Å². The van der Waals surface area contributed by atoms with Crippen molar-refractivity contribution in [3.63, 3.8) is 0 Å². The second kappa shape index (κ2) is 8.97. The van der Waals surface area contributed by atoms with Crippen molar-refractivity contribution in [2.75, 3.05) is 0 Å². The summed E-state index contributed by atoms with van der Waals surface area (Å²) in [6.07, 6.45) is 1.44. The van der Waals surface area contributed by atoms with Crippen LogP contribution in [0.25, 0.3) is 5.65 Å². The Balaban J connectivity index is 1.43. The highest BCUT2D eigenvalue weighted by atomic mass is 32.1. The average Bonchev–Trinajstić information content (AvgIpc) is 3.40. The van der Waals surface area contributed by atoms with Crippen molar-refractivity contribution < 1.29 is 9.59 Å². The summed E-state index contributed by atoms with van der Waals surface area (Å²) in [5.41, 5.74) is 2.36. The summed E-state index contributed by atoms with van der Waals surface area (Å²) in [4.78, 5) is 38.3. The van der Waals surface area contributed by atoms with E-state index in [4.69, 9.17) is 0 Å². The number of hydrogen-bond donors (Lipinski definition) is 2. The van der Waals surface area contributed by atoms with E-state index in [1.54, 1.807) is 23.5 Å². The standard InChI is InChI=1S/C22H21N5O3S/c1-15-4-6-16(7-5-15)11-24-21(29)17-8-9-19-25-27(22(30)26(19)13-17)14-20(28)23-12-18-3-2-10-31-18/h2-10,13H,11-12,14H2,1H3,(H,23,28)(H,24,29). The molecular formula is C22H21N5O3S. The predicted molar refractivity (Wildman–Crippen MR) is 118 cm³/mol. The summed E-state index contributed by atoms with van der Waals surface area (Å²) in [5, 5.41) is 11.7. The Bertz CT molecular complexity index is 1270. The fourth-order valence-electron chi connectivity index (χ4n) is 3.04. The first-order valence-electron chi connectivity index (χ1n) is 9.71. The van der Waals surface area contributed by atoms with Crippen LogP contribution in [0.15, 0.2) is 64.9 Å². The molecule has 4 rings (SSSR count). The van der Waals surface area contributed by atoms with E-state index in [1.807, 2.05) is 48.7 Å². The van der Waals surface area contributed by atoms with Crippen LogP contribution in [0.2, 0.25) is 0 Å². The minimum absolute atomic E-state index is 0.194. The Morgan fingerprint density at radius 2 is 1.84 bits per heavy atom. The molecule has 2 N–H and O–H groups in total. The van der Waals surface area contributed by atoms with E-state index in [9.17, 15) is 14.4 Å². The Kier molecular flexibility index (Phi) is 5.94. The van der Waals surface area contributed by atoms with Gasteiger partial charge < -0.3 is 10.6 Å². The third-order valence-electron chi connectivity index (χ3n) is 4.75. The van der Waals surface area contributed by atoms with Crippen LogP contribution in [0.4, 0.5) is 0 Å². The van der Waals surface area contributed by atoms with Crippen molar-refractivity contribution in [3.8, 4) is 0 Å². The van der Waals surface area contributed by atoms with Gasteiger partial charge in [-0.25, -0.2) is 13.9 Å². The fourth-order valence-corrected chi connectivity index (χ4v) is 3.68. The van der Waals surface area contributed by atoms with Gasteiger partial charge in [0.15, 0.2) is 5.65 Å². The van der Waals surface area contributed by atoms with E-state index in [0.717, 1.165) is 20.7 Å². The number of fused-ring (bicyclic) bond motifs is 1. The van der Waals surface area contributed by atoms with Crippen LogP contribution in [0, 0.1) is 6.92 Å². The molecule has 3 aromatic heterocycles. The lowest BCUT2D eigenvalue weighted by molar-refractivity contribution is -0.122. The van der Waals surface area contributed by atoms with Crippen LogP contribution >= 0.6 is 11.3 Å². The number of aromatic nitrogens is 3. The number of hydrogen-bond acceptors (Lipinski definition) is 5. The molecule has 2 amide bonds. The number of nitrogens with one attached hydrogen (secondary N) is 2. The van der Waals surface area contributed by atoms with E-state index in [2.05, 4.69) is 15.7 Å². The normalized spacial score (nSPS) is 10.9. The molecule has 0 radical (unpaired) electrons. The van der Waals surface area contributed by atoms with Gasteiger partial charge in [-0.15, -0.1) is 16.4 Å². The zero-order valence-corrected chi connectivity index (χ0v) is 17.7. The molecule has 0 fully saturated rings. The predicted octanol–water partition coefficient (Wildman–Crippen LogP) is 2.11. The molecule has 0 unspecified atom stereocenters. The molecular weight excluding hydrogens is 414 g/mol. The van der Waals surface area contributed by atoms with Crippen molar-refractivity contribution in [1.29, 1.82) is 0 Å². The zero-order chi connectivity index (χ0) is 21.8. The highest BCUT2D eigenvalue weighted by molar-refractivity contribution is 7.09. The zero-order valence-electron chi connectivity index (χ0n) is 16.9. The molecule has 9 heteroatoms. The first kappa shape index (κ1) is 20.5. The molecule has 0 aliphatic heterocycles. The lowest BCUT2D eigenvalue weighted by Gasteiger charge is -2.06. The molecule has 158 valence electrons. The maximum Gasteiger partial charge on any atom is 0.350 e. The lowest BCUT2D eigenvalue weighted by Crippen LogP contribution is -2.32. The molecule has 0 aliphatic carbocycles. The van der Waals surface area contributed by atoms with Crippen molar-refractivity contribution in [2.45, 2.75) is 26.6 Å².